The number of carbonyl (C=O) groups is 4. The van der Waals surface area contributed by atoms with E-state index in [0.29, 0.717) is 56.9 Å². The number of phenolic OH excluding ortho intramolecular Hbond substituents is 1. The fourth-order valence-electron chi connectivity index (χ4n) is 10.6. The van der Waals surface area contributed by atoms with Crippen molar-refractivity contribution in [3.63, 3.8) is 0 Å². The Morgan fingerprint density at radius 3 is 2.25 bits per heavy atom. The maximum atomic E-state index is 14.5. The smallest absolute Gasteiger partial charge is 0.329 e. The summed E-state index contributed by atoms with van der Waals surface area (Å²) in [5.41, 5.74) is 2.51. The van der Waals surface area contributed by atoms with E-state index >= 15 is 0 Å². The minimum atomic E-state index is -2.49. The van der Waals surface area contributed by atoms with Crippen LogP contribution in [-0.4, -0.2) is 127 Å². The molecule has 1 saturated carbocycles. The quantitative estimate of drug-likeness (QED) is 0.124. The van der Waals surface area contributed by atoms with E-state index in [1.807, 2.05) is 27.7 Å². The summed E-state index contributed by atoms with van der Waals surface area (Å²) in [4.78, 5) is 58.3. The van der Waals surface area contributed by atoms with Crippen LogP contribution in [0.2, 0.25) is 0 Å². The Labute approximate surface area is 386 Å². The van der Waals surface area contributed by atoms with Crippen LogP contribution in [0.4, 0.5) is 0 Å². The number of cyclic esters (lactones) is 1. The largest absolute Gasteiger partial charge is 0.508 e. The Balaban J connectivity index is 1.42. The van der Waals surface area contributed by atoms with Crippen molar-refractivity contribution in [3.05, 3.63) is 53.1 Å². The number of piperidine rings is 1. The minimum absolute atomic E-state index is 0.0438. The van der Waals surface area contributed by atoms with Gasteiger partial charge in [0.25, 0.3) is 11.7 Å². The zero-order chi connectivity index (χ0) is 47.6. The highest BCUT2D eigenvalue weighted by Gasteiger charge is 2.56. The van der Waals surface area contributed by atoms with Crippen LogP contribution in [-0.2, 0) is 47.6 Å². The van der Waals surface area contributed by atoms with Crippen LogP contribution < -0.4 is 0 Å². The molecule has 1 aromatic carbocycles. The summed E-state index contributed by atoms with van der Waals surface area (Å²) in [7, 11) is 4.74. The topological polar surface area (TPSA) is 188 Å². The van der Waals surface area contributed by atoms with E-state index in [-0.39, 0.29) is 79.8 Å². The van der Waals surface area contributed by atoms with Crippen LogP contribution >= 0.6 is 0 Å². The van der Waals surface area contributed by atoms with Crippen LogP contribution in [0.1, 0.15) is 130 Å². The second-order valence-electron chi connectivity index (χ2n) is 19.5. The third-order valence-electron chi connectivity index (χ3n) is 14.5. The highest BCUT2D eigenvalue weighted by atomic mass is 16.7. The molecule has 4 aliphatic rings. The average Bonchev–Trinajstić information content (AvgIpc) is 3.30. The van der Waals surface area contributed by atoms with Crippen molar-refractivity contribution in [3.8, 4) is 5.75 Å². The summed E-state index contributed by atoms with van der Waals surface area (Å²) in [6.07, 6.45) is 6.35. The van der Waals surface area contributed by atoms with Gasteiger partial charge in [-0.05, 0) is 125 Å². The lowest BCUT2D eigenvalue weighted by atomic mass is 9.82. The number of allylic oxidation sites excluding steroid dienone is 3. The summed E-state index contributed by atoms with van der Waals surface area (Å²) in [6, 6.07) is 5.30. The molecule has 3 aliphatic heterocycles. The number of ketones is 2. The number of methoxy groups -OCH3 is 3. The molecule has 364 valence electrons. The third kappa shape index (κ3) is 13.1. The van der Waals surface area contributed by atoms with E-state index in [0.717, 1.165) is 17.6 Å². The number of rotatable bonds is 10. The number of aliphatic hydroxyl groups is 2. The maximum Gasteiger partial charge on any atom is 0.329 e. The number of benzene rings is 1. The highest BCUT2D eigenvalue weighted by molar-refractivity contribution is 6.39. The lowest BCUT2D eigenvalue weighted by molar-refractivity contribution is -0.302. The average molecular weight is 912 g/mol. The Kier molecular flexibility index (Phi) is 19.4. The predicted octanol–water partition coefficient (Wildman–Crippen LogP) is 6.97. The summed E-state index contributed by atoms with van der Waals surface area (Å²) < 4.78 is 36.6. The molecule has 1 aliphatic carbocycles. The summed E-state index contributed by atoms with van der Waals surface area (Å²) in [6.45, 7) is 11.9. The van der Waals surface area contributed by atoms with Crippen molar-refractivity contribution in [2.75, 3.05) is 34.5 Å². The molecule has 65 heavy (non-hydrogen) atoms. The van der Waals surface area contributed by atoms with Crippen molar-refractivity contribution in [2.24, 2.45) is 29.6 Å². The van der Waals surface area contributed by atoms with E-state index < -0.39 is 65.9 Å². The molecule has 14 nitrogen and oxygen atoms in total. The molecule has 14 heteroatoms. The van der Waals surface area contributed by atoms with Crippen LogP contribution in [0, 0.1) is 29.6 Å². The van der Waals surface area contributed by atoms with Gasteiger partial charge in [-0.25, -0.2) is 4.79 Å². The van der Waals surface area contributed by atoms with Gasteiger partial charge in [-0.3, -0.25) is 14.4 Å². The minimum Gasteiger partial charge on any atom is -0.508 e. The number of aromatic hydroxyl groups is 1. The number of fused-ring (bicyclic) bond motifs is 3. The molecule has 2 bridgehead atoms. The molecule has 14 unspecified atom stereocenters. The molecule has 2 saturated heterocycles. The lowest BCUT2D eigenvalue weighted by Crippen LogP contribution is -2.64. The van der Waals surface area contributed by atoms with E-state index in [2.05, 4.69) is 19.1 Å². The number of amides is 1. The molecule has 5 rings (SSSR count). The number of Topliss-reactive ketones (excluding diaryl/α,β-unsaturated/α-hetero) is 2. The number of esters is 1. The van der Waals surface area contributed by atoms with Gasteiger partial charge in [-0.1, -0.05) is 57.6 Å². The second-order valence-corrected chi connectivity index (χ2v) is 19.5. The second kappa shape index (κ2) is 24.0. The Morgan fingerprint density at radius 2 is 1.58 bits per heavy atom. The molecular formula is C51H77NO13. The van der Waals surface area contributed by atoms with Gasteiger partial charge in [-0.15, -0.1) is 0 Å². The van der Waals surface area contributed by atoms with Gasteiger partial charge in [-0.2, -0.15) is 0 Å². The van der Waals surface area contributed by atoms with Crippen molar-refractivity contribution in [1.82, 2.24) is 4.90 Å². The van der Waals surface area contributed by atoms with Crippen molar-refractivity contribution in [2.45, 2.75) is 173 Å². The van der Waals surface area contributed by atoms with Gasteiger partial charge in [0.2, 0.25) is 5.79 Å². The monoisotopic (exact) mass is 912 g/mol. The van der Waals surface area contributed by atoms with E-state index in [1.54, 1.807) is 40.4 Å². The molecule has 1 aromatic rings. The van der Waals surface area contributed by atoms with Crippen LogP contribution in [0.5, 0.6) is 5.75 Å². The van der Waals surface area contributed by atoms with Gasteiger partial charge in [0.05, 0.1) is 31.0 Å². The number of aliphatic hydroxyl groups excluding tert-OH is 1. The first kappa shape index (κ1) is 52.5. The van der Waals surface area contributed by atoms with Gasteiger partial charge >= 0.3 is 5.97 Å². The molecule has 0 spiro atoms. The first-order valence-corrected chi connectivity index (χ1v) is 24.0. The van der Waals surface area contributed by atoms with E-state index in [4.69, 9.17) is 28.4 Å². The van der Waals surface area contributed by atoms with Gasteiger partial charge < -0.3 is 48.6 Å². The van der Waals surface area contributed by atoms with Gasteiger partial charge in [0, 0.05) is 46.1 Å². The molecule has 3 heterocycles. The number of phenols is 1. The Morgan fingerprint density at radius 1 is 0.908 bits per heavy atom. The van der Waals surface area contributed by atoms with Crippen molar-refractivity contribution >= 4 is 23.4 Å². The molecule has 1 amide bonds. The van der Waals surface area contributed by atoms with Crippen LogP contribution in [0.25, 0.3) is 0 Å². The standard InChI is InChI=1S/C51H77NO13/c1-10-36-24-30(2)23-31(3)25-44(61-8)47-45(62-9)27-34(6)51(59,65-47)48(56)49(57)52-22-12-11-13-39(52)50(58)64-46(32(4)14-20-40(36)54)33(5)26-35-15-21-42(43(28-35)60-7)63-29-41(55)37-16-18-38(53)19-17-37/h16-19,24,26,31-32,34-36,39,41-47,53,55,59H,10-15,20-23,25,27-29H2,1-9H3. The van der Waals surface area contributed by atoms with E-state index in [1.165, 1.54) is 17.0 Å². The highest BCUT2D eigenvalue weighted by Crippen LogP contribution is 2.39. The van der Waals surface area contributed by atoms with Gasteiger partial charge in [0.1, 0.15) is 35.9 Å². The fourth-order valence-corrected chi connectivity index (χ4v) is 10.6. The molecule has 3 fully saturated rings. The SMILES string of the molecule is CCC1C=C(C)CC(C)CC(OC)C2OC(O)(C(=O)C(=O)N3CCCCC3C(=O)OC(C(C)=CC3CCC(OCC(O)c4ccc(O)cc4)C(OC)C3)C(C)CCC1=O)C(C)CC2OC. The molecule has 0 radical (unpaired) electrons. The predicted molar refractivity (Wildman–Crippen MR) is 243 cm³/mol. The van der Waals surface area contributed by atoms with Crippen LogP contribution in [0.3, 0.4) is 0 Å². The van der Waals surface area contributed by atoms with Crippen molar-refractivity contribution < 1.29 is 62.9 Å². The molecule has 3 N–H and O–H groups in total. The van der Waals surface area contributed by atoms with Crippen molar-refractivity contribution in [1.29, 1.82) is 0 Å². The number of carbonyl (C=O) groups excluding carboxylic acids is 4. The normalized spacial score (nSPS) is 36.0. The number of nitrogens with zero attached hydrogens (tertiary/aromatic N) is 1. The Hall–Kier alpha value is -3.50. The number of hydrogen-bond acceptors (Lipinski definition) is 13. The summed E-state index contributed by atoms with van der Waals surface area (Å²) in [5.74, 6) is -6.30. The van der Waals surface area contributed by atoms with Crippen LogP contribution in [0.15, 0.2) is 47.6 Å². The fraction of sp³-hybridized carbons (Fsp3) is 0.725. The first-order chi connectivity index (χ1) is 30.9. The lowest BCUT2D eigenvalue weighted by Gasteiger charge is -2.47. The summed E-state index contributed by atoms with van der Waals surface area (Å²) in [5, 5.41) is 32.5. The zero-order valence-corrected chi connectivity index (χ0v) is 40.2. The molecular weight excluding hydrogens is 835 g/mol. The molecule has 0 aromatic heterocycles. The Bertz CT molecular complexity index is 1810. The number of ether oxygens (including phenoxy) is 6. The van der Waals surface area contributed by atoms with Gasteiger partial charge in [0.15, 0.2) is 0 Å². The maximum absolute atomic E-state index is 14.5. The third-order valence-corrected chi connectivity index (χ3v) is 14.5. The molecule has 14 atom stereocenters. The first-order valence-electron chi connectivity index (χ1n) is 24.0. The summed E-state index contributed by atoms with van der Waals surface area (Å²) >= 11 is 0. The van der Waals surface area contributed by atoms with E-state index in [9.17, 15) is 34.5 Å². The zero-order valence-electron chi connectivity index (χ0n) is 40.2. The number of hydrogen-bond donors (Lipinski definition) is 3.